The SMILES string of the molecule is Cc1ncsc1-c1ccc(CNC(=O)[C@@H]2C[C@@H](O)CN2C(=O)[C@@H](NC(=O)COCCOCCOCCOCCOCCOCCCCCCI)C(C)(C)C)cc1. The summed E-state index contributed by atoms with van der Waals surface area (Å²) in [5.41, 5.74) is 4.06. The van der Waals surface area contributed by atoms with Crippen molar-refractivity contribution in [2.24, 2.45) is 5.41 Å². The zero-order valence-electron chi connectivity index (χ0n) is 33.6. The van der Waals surface area contributed by atoms with Gasteiger partial charge in [-0.3, -0.25) is 14.4 Å². The van der Waals surface area contributed by atoms with Gasteiger partial charge in [0, 0.05) is 26.1 Å². The summed E-state index contributed by atoms with van der Waals surface area (Å²) >= 11 is 3.98. The molecule has 0 aliphatic carbocycles. The van der Waals surface area contributed by atoms with E-state index in [2.05, 4.69) is 38.2 Å². The van der Waals surface area contributed by atoms with Crippen molar-refractivity contribution in [1.82, 2.24) is 20.5 Å². The van der Waals surface area contributed by atoms with Crippen LogP contribution in [-0.4, -0.2) is 141 Å². The number of amides is 3. The number of alkyl halides is 1. The van der Waals surface area contributed by atoms with Gasteiger partial charge in [-0.15, -0.1) is 11.3 Å². The number of carbonyl (C=O) groups is 3. The number of β-amino-alcohol motifs (C(OH)–C–C–N with tert-alkyl or cyclic N) is 1. The highest BCUT2D eigenvalue weighted by atomic mass is 127. The van der Waals surface area contributed by atoms with Gasteiger partial charge in [-0.2, -0.15) is 0 Å². The number of carbonyl (C=O) groups excluding carboxylic acids is 3. The number of nitrogens with one attached hydrogen (secondary N) is 2. The third-order valence-electron chi connectivity index (χ3n) is 8.98. The van der Waals surface area contributed by atoms with Crippen molar-refractivity contribution in [3.05, 3.63) is 41.0 Å². The number of aliphatic hydroxyl groups is 1. The molecule has 2 aromatic rings. The van der Waals surface area contributed by atoms with E-state index in [-0.39, 0.29) is 45.2 Å². The molecule has 0 unspecified atom stereocenters. The van der Waals surface area contributed by atoms with Gasteiger partial charge in [0.2, 0.25) is 17.7 Å². The molecule has 3 amide bonds. The molecule has 56 heavy (non-hydrogen) atoms. The van der Waals surface area contributed by atoms with Crippen LogP contribution in [0, 0.1) is 12.3 Å². The Kier molecular flexibility index (Phi) is 23.5. The molecule has 3 rings (SSSR count). The number of hydrogen-bond acceptors (Lipinski definition) is 12. The second-order valence-corrected chi connectivity index (χ2v) is 16.6. The van der Waals surface area contributed by atoms with Crippen LogP contribution in [0.2, 0.25) is 0 Å². The van der Waals surface area contributed by atoms with Crippen molar-refractivity contribution in [2.75, 3.05) is 90.3 Å². The maximum atomic E-state index is 13.8. The van der Waals surface area contributed by atoms with E-state index in [0.29, 0.717) is 52.9 Å². The van der Waals surface area contributed by atoms with E-state index < -0.39 is 35.4 Å². The lowest BCUT2D eigenvalue weighted by atomic mass is 9.85. The first-order valence-electron chi connectivity index (χ1n) is 19.6. The molecule has 316 valence electrons. The van der Waals surface area contributed by atoms with Crippen LogP contribution >= 0.6 is 33.9 Å². The number of aromatic nitrogens is 1. The first-order chi connectivity index (χ1) is 27.0. The van der Waals surface area contributed by atoms with Gasteiger partial charge in [0.1, 0.15) is 18.7 Å². The molecular weight excluding hydrogens is 855 g/mol. The van der Waals surface area contributed by atoms with Gasteiger partial charge < -0.3 is 49.1 Å². The summed E-state index contributed by atoms with van der Waals surface area (Å²) < 4.78 is 34.3. The van der Waals surface area contributed by atoms with Crippen LogP contribution in [0.1, 0.15) is 64.1 Å². The van der Waals surface area contributed by atoms with Crippen LogP contribution in [0.25, 0.3) is 10.4 Å². The van der Waals surface area contributed by atoms with E-state index in [0.717, 1.165) is 34.7 Å². The first-order valence-corrected chi connectivity index (χ1v) is 22.0. The largest absolute Gasteiger partial charge is 0.391 e. The Morgan fingerprint density at radius 1 is 0.857 bits per heavy atom. The molecule has 14 nitrogen and oxygen atoms in total. The maximum Gasteiger partial charge on any atom is 0.246 e. The lowest BCUT2D eigenvalue weighted by Gasteiger charge is -2.35. The van der Waals surface area contributed by atoms with E-state index in [9.17, 15) is 19.5 Å². The molecule has 1 saturated heterocycles. The summed E-state index contributed by atoms with van der Waals surface area (Å²) in [7, 11) is 0. The van der Waals surface area contributed by atoms with E-state index >= 15 is 0 Å². The Morgan fingerprint density at radius 2 is 1.41 bits per heavy atom. The lowest BCUT2D eigenvalue weighted by Crippen LogP contribution is -2.58. The van der Waals surface area contributed by atoms with Crippen LogP contribution in [0.15, 0.2) is 29.8 Å². The normalized spacial score (nSPS) is 16.3. The summed E-state index contributed by atoms with van der Waals surface area (Å²) in [6.07, 6.45) is 4.13. The fourth-order valence-electron chi connectivity index (χ4n) is 5.90. The van der Waals surface area contributed by atoms with Crippen LogP contribution in [0.4, 0.5) is 0 Å². The smallest absolute Gasteiger partial charge is 0.246 e. The zero-order chi connectivity index (χ0) is 40.6. The molecule has 1 aromatic carbocycles. The molecule has 3 atom stereocenters. The van der Waals surface area contributed by atoms with Crippen molar-refractivity contribution in [3.8, 4) is 10.4 Å². The van der Waals surface area contributed by atoms with Gasteiger partial charge in [0.05, 0.1) is 88.3 Å². The molecule has 0 bridgehead atoms. The Morgan fingerprint density at radius 3 is 1.95 bits per heavy atom. The average Bonchev–Trinajstić information content (AvgIpc) is 3.79. The number of nitrogens with zero attached hydrogens (tertiary/aromatic N) is 2. The number of aliphatic hydroxyl groups excluding tert-OH is 1. The second kappa shape index (κ2) is 27.4. The van der Waals surface area contributed by atoms with E-state index in [4.69, 9.17) is 28.4 Å². The number of hydrogen-bond donors (Lipinski definition) is 3. The molecule has 0 saturated carbocycles. The van der Waals surface area contributed by atoms with E-state index in [1.54, 1.807) is 11.3 Å². The molecule has 1 aromatic heterocycles. The maximum absolute atomic E-state index is 13.8. The number of likely N-dealkylation sites (tertiary alicyclic amines) is 1. The molecule has 3 N–H and O–H groups in total. The topological polar surface area (TPSA) is 167 Å². The van der Waals surface area contributed by atoms with Gasteiger partial charge in [-0.05, 0) is 40.7 Å². The second-order valence-electron chi connectivity index (χ2n) is 14.7. The minimum Gasteiger partial charge on any atom is -0.391 e. The molecular formula is C40H63IN4O10S. The van der Waals surface area contributed by atoms with Crippen molar-refractivity contribution in [2.45, 2.75) is 84.5 Å². The summed E-state index contributed by atoms with van der Waals surface area (Å²) in [6.45, 7) is 12.6. The Labute approximate surface area is 350 Å². The molecule has 16 heteroatoms. The third-order valence-corrected chi connectivity index (χ3v) is 10.7. The standard InChI is InChI=1S/C40H63IN4O10S/c1-30-36(56-29-43-30)32-11-9-31(10-12-32)26-42-38(48)34-25-33(46)27-45(34)39(49)37(40(2,3)4)44-35(47)28-55-24-23-54-22-21-53-20-19-52-18-17-51-16-15-50-14-8-6-5-7-13-41/h9-12,29,33-34,37,46H,5-8,13-28H2,1-4H3,(H,42,48)(H,44,47)/t33-,34+,37-/m1/s1. The quantitative estimate of drug-likeness (QED) is 0.0605. The van der Waals surface area contributed by atoms with Crippen molar-refractivity contribution >= 4 is 51.6 Å². The minimum atomic E-state index is -0.944. The van der Waals surface area contributed by atoms with Crippen molar-refractivity contribution < 1.29 is 47.9 Å². The van der Waals surface area contributed by atoms with Gasteiger partial charge in [0.25, 0.3) is 0 Å². The highest BCUT2D eigenvalue weighted by Crippen LogP contribution is 2.28. The van der Waals surface area contributed by atoms with Gasteiger partial charge >= 0.3 is 0 Å². The van der Waals surface area contributed by atoms with Crippen LogP contribution < -0.4 is 10.6 Å². The highest BCUT2D eigenvalue weighted by molar-refractivity contribution is 14.1. The van der Waals surface area contributed by atoms with Crippen LogP contribution in [0.5, 0.6) is 0 Å². The fourth-order valence-corrected chi connectivity index (χ4v) is 7.25. The zero-order valence-corrected chi connectivity index (χ0v) is 36.5. The summed E-state index contributed by atoms with van der Waals surface area (Å²) in [6, 6.07) is 6.07. The van der Waals surface area contributed by atoms with Crippen molar-refractivity contribution in [3.63, 3.8) is 0 Å². The third kappa shape index (κ3) is 18.5. The van der Waals surface area contributed by atoms with Crippen molar-refractivity contribution in [1.29, 1.82) is 0 Å². The minimum absolute atomic E-state index is 0.00268. The van der Waals surface area contributed by atoms with E-state index in [1.165, 1.54) is 28.6 Å². The Bertz CT molecular complexity index is 1410. The number of halogens is 1. The van der Waals surface area contributed by atoms with Gasteiger partial charge in [0.15, 0.2) is 0 Å². The molecule has 1 aliphatic heterocycles. The average molecular weight is 919 g/mol. The lowest BCUT2D eigenvalue weighted by molar-refractivity contribution is -0.144. The molecule has 2 heterocycles. The number of rotatable bonds is 29. The number of aryl methyl sites for hydroxylation is 1. The van der Waals surface area contributed by atoms with E-state index in [1.807, 2.05) is 57.5 Å². The number of benzene rings is 1. The number of unbranched alkanes of at least 4 members (excludes halogenated alkanes) is 3. The first kappa shape index (κ1) is 48.1. The number of ether oxygens (including phenoxy) is 6. The molecule has 0 radical (unpaired) electrons. The summed E-state index contributed by atoms with van der Waals surface area (Å²) in [5.74, 6) is -1.26. The summed E-state index contributed by atoms with van der Waals surface area (Å²) in [5, 5.41) is 16.2. The fraction of sp³-hybridized carbons (Fsp3) is 0.700. The number of thiazole rings is 1. The van der Waals surface area contributed by atoms with Crippen LogP contribution in [0.3, 0.4) is 0 Å². The van der Waals surface area contributed by atoms with Gasteiger partial charge in [-0.25, -0.2) is 4.98 Å². The molecule has 0 spiro atoms. The Hall–Kier alpha value is -2.29. The summed E-state index contributed by atoms with van der Waals surface area (Å²) in [4.78, 5) is 46.8. The molecule has 1 aliphatic rings. The monoisotopic (exact) mass is 918 g/mol. The van der Waals surface area contributed by atoms with Gasteiger partial charge in [-0.1, -0.05) is 80.5 Å². The molecule has 1 fully saturated rings. The Balaban J connectivity index is 1.25. The predicted molar refractivity (Wildman–Crippen MR) is 224 cm³/mol. The predicted octanol–water partition coefficient (Wildman–Crippen LogP) is 4.32. The highest BCUT2D eigenvalue weighted by Gasteiger charge is 2.44. The van der Waals surface area contributed by atoms with Crippen LogP contribution in [-0.2, 0) is 49.3 Å².